The molecule has 2 aromatic carbocycles. The van der Waals surface area contributed by atoms with Crippen molar-refractivity contribution >= 4 is 11.5 Å². The van der Waals surface area contributed by atoms with Gasteiger partial charge in [0.25, 0.3) is 0 Å². The summed E-state index contributed by atoms with van der Waals surface area (Å²) in [5.74, 6) is 1.19. The number of benzene rings is 2. The highest BCUT2D eigenvalue weighted by Gasteiger charge is 2.32. The molecule has 1 heterocycles. The average molecular weight is 306 g/mol. The number of hydrogen-bond donors (Lipinski definition) is 0. The normalized spacial score (nSPS) is 16.4. The van der Waals surface area contributed by atoms with Crippen LogP contribution in [-0.2, 0) is 5.41 Å². The highest BCUT2D eigenvalue weighted by atomic mass is 15.2. The second-order valence-corrected chi connectivity index (χ2v) is 6.81. The van der Waals surface area contributed by atoms with Gasteiger partial charge in [-0.1, -0.05) is 48.5 Å². The maximum Gasteiger partial charge on any atom is 0.115 e. The molecule has 0 radical (unpaired) electrons. The molecule has 0 saturated carbocycles. The Morgan fingerprint density at radius 2 is 1.39 bits per heavy atom. The summed E-state index contributed by atoms with van der Waals surface area (Å²) in [6.45, 7) is 6.81. The largest absolute Gasteiger partial charge is 0.359 e. The maximum atomic E-state index is 5.07. The lowest BCUT2D eigenvalue weighted by Crippen LogP contribution is -2.45. The van der Waals surface area contributed by atoms with Crippen LogP contribution in [-0.4, -0.2) is 23.8 Å². The third kappa shape index (κ3) is 3.64. The van der Waals surface area contributed by atoms with Gasteiger partial charge in [-0.2, -0.15) is 0 Å². The van der Waals surface area contributed by atoms with Crippen molar-refractivity contribution < 1.29 is 0 Å². The number of nitrogens with zero attached hydrogens (tertiary/aromatic N) is 2. The van der Waals surface area contributed by atoms with Crippen LogP contribution < -0.4 is 0 Å². The van der Waals surface area contributed by atoms with Crippen LogP contribution in [0.25, 0.3) is 0 Å². The van der Waals surface area contributed by atoms with Crippen LogP contribution in [0.2, 0.25) is 0 Å². The Bertz CT molecular complexity index is 638. The van der Waals surface area contributed by atoms with Gasteiger partial charge < -0.3 is 4.90 Å². The molecule has 3 rings (SSSR count). The fourth-order valence-electron chi connectivity index (χ4n) is 3.32. The minimum Gasteiger partial charge on any atom is -0.359 e. The van der Waals surface area contributed by atoms with E-state index in [1.54, 1.807) is 0 Å². The van der Waals surface area contributed by atoms with Crippen LogP contribution in [0.15, 0.2) is 65.7 Å². The zero-order valence-corrected chi connectivity index (χ0v) is 14.2. The van der Waals surface area contributed by atoms with E-state index in [9.17, 15) is 0 Å². The summed E-state index contributed by atoms with van der Waals surface area (Å²) < 4.78 is 0. The molecule has 1 aliphatic rings. The molecule has 0 N–H and O–H groups in total. The number of hydrogen-bond acceptors (Lipinski definition) is 1. The molecule has 120 valence electrons. The highest BCUT2D eigenvalue weighted by molar-refractivity contribution is 5.94. The zero-order chi connectivity index (χ0) is 16.1. The third-order valence-corrected chi connectivity index (χ3v) is 4.70. The van der Waals surface area contributed by atoms with Gasteiger partial charge >= 0.3 is 0 Å². The molecule has 1 fully saturated rings. The summed E-state index contributed by atoms with van der Waals surface area (Å²) in [5.41, 5.74) is 2.26. The van der Waals surface area contributed by atoms with Crippen molar-refractivity contribution in [3.63, 3.8) is 0 Å². The molecule has 0 aromatic heterocycles. The predicted molar refractivity (Wildman–Crippen MR) is 98.4 cm³/mol. The van der Waals surface area contributed by atoms with Crippen LogP contribution in [0.5, 0.6) is 0 Å². The Morgan fingerprint density at radius 3 is 2.00 bits per heavy atom. The molecule has 0 aliphatic carbocycles. The first-order valence-electron chi connectivity index (χ1n) is 8.62. The summed E-state index contributed by atoms with van der Waals surface area (Å²) >= 11 is 0. The topological polar surface area (TPSA) is 15.6 Å². The van der Waals surface area contributed by atoms with Gasteiger partial charge in [0.1, 0.15) is 5.84 Å². The van der Waals surface area contributed by atoms with Gasteiger partial charge in [-0.05, 0) is 50.8 Å². The van der Waals surface area contributed by atoms with E-state index in [0.717, 1.165) is 18.8 Å². The Morgan fingerprint density at radius 1 is 0.826 bits per heavy atom. The van der Waals surface area contributed by atoms with Crippen LogP contribution in [0, 0.1) is 0 Å². The molecule has 2 aromatic rings. The van der Waals surface area contributed by atoms with E-state index in [1.165, 1.54) is 30.7 Å². The number of para-hydroxylation sites is 1. The SMILES string of the molecule is CC(C)(C(=Nc1ccccc1)N1CCCCC1)c1ccccc1. The summed E-state index contributed by atoms with van der Waals surface area (Å²) in [7, 11) is 0. The summed E-state index contributed by atoms with van der Waals surface area (Å²) in [4.78, 5) is 7.56. The first-order chi connectivity index (χ1) is 11.2. The number of likely N-dealkylation sites (tertiary alicyclic amines) is 1. The van der Waals surface area contributed by atoms with Gasteiger partial charge in [0.05, 0.1) is 5.69 Å². The smallest absolute Gasteiger partial charge is 0.115 e. The number of amidine groups is 1. The van der Waals surface area contributed by atoms with E-state index in [-0.39, 0.29) is 5.41 Å². The van der Waals surface area contributed by atoms with Crippen molar-refractivity contribution in [2.45, 2.75) is 38.5 Å². The second kappa shape index (κ2) is 6.99. The zero-order valence-electron chi connectivity index (χ0n) is 14.2. The molecule has 1 saturated heterocycles. The third-order valence-electron chi connectivity index (χ3n) is 4.70. The fraction of sp³-hybridized carbons (Fsp3) is 0.381. The summed E-state index contributed by atoms with van der Waals surface area (Å²) in [6, 6.07) is 21.1. The van der Waals surface area contributed by atoms with Crippen molar-refractivity contribution in [2.75, 3.05) is 13.1 Å². The van der Waals surface area contributed by atoms with Crippen molar-refractivity contribution in [1.82, 2.24) is 4.90 Å². The van der Waals surface area contributed by atoms with Crippen molar-refractivity contribution in [3.05, 3.63) is 66.2 Å². The molecule has 2 heteroatoms. The van der Waals surface area contributed by atoms with E-state index in [2.05, 4.69) is 73.3 Å². The van der Waals surface area contributed by atoms with Gasteiger partial charge in [0.15, 0.2) is 0 Å². The first-order valence-corrected chi connectivity index (χ1v) is 8.62. The molecular formula is C21H26N2. The first kappa shape index (κ1) is 15.8. The molecule has 0 atom stereocenters. The molecule has 0 bridgehead atoms. The average Bonchev–Trinajstić information content (AvgIpc) is 2.62. The fourth-order valence-corrected chi connectivity index (χ4v) is 3.32. The monoisotopic (exact) mass is 306 g/mol. The standard InChI is InChI=1S/C21H26N2/c1-21(2,18-12-6-3-7-13-18)20(23-16-10-5-11-17-23)22-19-14-8-4-9-15-19/h3-4,6-9,12-15H,5,10-11,16-17H2,1-2H3. The Hall–Kier alpha value is -2.09. The Kier molecular flexibility index (Phi) is 4.80. The summed E-state index contributed by atoms with van der Waals surface area (Å²) in [5, 5.41) is 0. The van der Waals surface area contributed by atoms with Crippen LogP contribution >= 0.6 is 0 Å². The van der Waals surface area contributed by atoms with Crippen LogP contribution in [0.3, 0.4) is 0 Å². The Labute approximate surface area is 139 Å². The molecule has 0 spiro atoms. The molecule has 23 heavy (non-hydrogen) atoms. The van der Waals surface area contributed by atoms with Gasteiger partial charge in [0.2, 0.25) is 0 Å². The van der Waals surface area contributed by atoms with Gasteiger partial charge in [-0.25, -0.2) is 4.99 Å². The lowest BCUT2D eigenvalue weighted by molar-refractivity contribution is 0.323. The van der Waals surface area contributed by atoms with E-state index in [0.29, 0.717) is 0 Å². The quantitative estimate of drug-likeness (QED) is 0.563. The van der Waals surface area contributed by atoms with Crippen LogP contribution in [0.1, 0.15) is 38.7 Å². The minimum absolute atomic E-state index is 0.103. The molecule has 2 nitrogen and oxygen atoms in total. The van der Waals surface area contributed by atoms with Gasteiger partial charge in [-0.3, -0.25) is 0 Å². The van der Waals surface area contributed by atoms with E-state index in [1.807, 2.05) is 6.07 Å². The molecule has 0 amide bonds. The highest BCUT2D eigenvalue weighted by Crippen LogP contribution is 2.30. The lowest BCUT2D eigenvalue weighted by Gasteiger charge is -2.38. The van der Waals surface area contributed by atoms with Gasteiger partial charge in [0, 0.05) is 18.5 Å². The predicted octanol–water partition coefficient (Wildman–Crippen LogP) is 5.18. The van der Waals surface area contributed by atoms with Crippen molar-refractivity contribution in [1.29, 1.82) is 0 Å². The second-order valence-electron chi connectivity index (χ2n) is 6.81. The van der Waals surface area contributed by atoms with Crippen LogP contribution in [0.4, 0.5) is 5.69 Å². The van der Waals surface area contributed by atoms with E-state index in [4.69, 9.17) is 4.99 Å². The lowest BCUT2D eigenvalue weighted by atomic mass is 9.82. The van der Waals surface area contributed by atoms with E-state index < -0.39 is 0 Å². The summed E-state index contributed by atoms with van der Waals surface area (Å²) in [6.07, 6.45) is 3.86. The Balaban J connectivity index is 2.02. The number of aliphatic imine (C=N–C) groups is 1. The van der Waals surface area contributed by atoms with Gasteiger partial charge in [-0.15, -0.1) is 0 Å². The number of rotatable bonds is 3. The number of piperidine rings is 1. The maximum absolute atomic E-state index is 5.07. The van der Waals surface area contributed by atoms with E-state index >= 15 is 0 Å². The minimum atomic E-state index is -0.103. The molecule has 0 unspecified atom stereocenters. The molecule has 1 aliphatic heterocycles. The van der Waals surface area contributed by atoms with Crippen molar-refractivity contribution in [3.8, 4) is 0 Å². The van der Waals surface area contributed by atoms with Crippen molar-refractivity contribution in [2.24, 2.45) is 4.99 Å². The molecular weight excluding hydrogens is 280 g/mol.